The minimum atomic E-state index is 0.372. The number of halogens is 1. The molecule has 3 aromatic heterocycles. The van der Waals surface area contributed by atoms with Crippen molar-refractivity contribution in [1.29, 1.82) is 0 Å². The van der Waals surface area contributed by atoms with Gasteiger partial charge in [-0.1, -0.05) is 6.92 Å². The summed E-state index contributed by atoms with van der Waals surface area (Å²) in [5, 5.41) is 4.49. The molecule has 3 heterocycles. The molecule has 0 N–H and O–H groups in total. The van der Waals surface area contributed by atoms with E-state index >= 15 is 0 Å². The molecule has 3 rings (SSSR count). The van der Waals surface area contributed by atoms with E-state index in [2.05, 4.69) is 32.8 Å². The first-order chi connectivity index (χ1) is 10.1. The molecule has 0 aliphatic rings. The quantitative estimate of drug-likeness (QED) is 0.696. The van der Waals surface area contributed by atoms with E-state index in [1.807, 2.05) is 30.9 Å². The first-order valence-corrected chi connectivity index (χ1v) is 7.55. The van der Waals surface area contributed by atoms with Gasteiger partial charge in [0.1, 0.15) is 11.3 Å². The number of nitrogens with zero attached hydrogens (tertiary/aromatic N) is 5. The zero-order chi connectivity index (χ0) is 15.0. The maximum Gasteiger partial charge on any atom is 0.160 e. The van der Waals surface area contributed by atoms with Gasteiger partial charge in [-0.15, -0.1) is 11.6 Å². The second-order valence-corrected chi connectivity index (χ2v) is 5.50. The fraction of sp³-hybridized carbons (Fsp3) is 0.400. The lowest BCUT2D eigenvalue weighted by atomic mass is 10.2. The van der Waals surface area contributed by atoms with E-state index in [1.165, 1.54) is 5.56 Å². The fourth-order valence-corrected chi connectivity index (χ4v) is 2.81. The van der Waals surface area contributed by atoms with Crippen LogP contribution in [-0.2, 0) is 25.9 Å². The molecule has 110 valence electrons. The van der Waals surface area contributed by atoms with Crippen LogP contribution in [0.5, 0.6) is 0 Å². The van der Waals surface area contributed by atoms with Gasteiger partial charge in [-0.05, 0) is 25.0 Å². The molecular formula is C15H18ClN5. The van der Waals surface area contributed by atoms with Gasteiger partial charge in [-0.25, -0.2) is 9.97 Å². The molecule has 0 unspecified atom stereocenters. The first-order valence-electron chi connectivity index (χ1n) is 7.01. The molecule has 21 heavy (non-hydrogen) atoms. The maximum atomic E-state index is 6.06. The number of hydrogen-bond acceptors (Lipinski definition) is 3. The number of fused-ring (bicyclic) bond motifs is 1. The Morgan fingerprint density at radius 2 is 2.14 bits per heavy atom. The number of aryl methyl sites for hydroxylation is 3. The number of rotatable bonds is 4. The monoisotopic (exact) mass is 303 g/mol. The van der Waals surface area contributed by atoms with Crippen molar-refractivity contribution in [2.45, 2.75) is 32.7 Å². The molecule has 0 aliphatic heterocycles. The topological polar surface area (TPSA) is 48.5 Å². The average molecular weight is 304 g/mol. The summed E-state index contributed by atoms with van der Waals surface area (Å²) in [4.78, 5) is 9.11. The molecule has 0 spiro atoms. The van der Waals surface area contributed by atoms with E-state index in [1.54, 1.807) is 0 Å². The molecule has 6 heteroatoms. The summed E-state index contributed by atoms with van der Waals surface area (Å²) >= 11 is 6.06. The Labute approximate surface area is 128 Å². The van der Waals surface area contributed by atoms with Gasteiger partial charge in [-0.2, -0.15) is 5.10 Å². The minimum absolute atomic E-state index is 0.372. The van der Waals surface area contributed by atoms with Crippen molar-refractivity contribution < 1.29 is 0 Å². The van der Waals surface area contributed by atoms with Crippen molar-refractivity contribution in [2.24, 2.45) is 7.05 Å². The van der Waals surface area contributed by atoms with Crippen LogP contribution in [0.3, 0.4) is 0 Å². The molecule has 0 radical (unpaired) electrons. The van der Waals surface area contributed by atoms with Crippen molar-refractivity contribution in [2.75, 3.05) is 0 Å². The third-order valence-electron chi connectivity index (χ3n) is 3.58. The zero-order valence-corrected chi connectivity index (χ0v) is 13.2. The standard InChI is InChI=1S/C15H18ClN5/c1-4-12-11(8-20(3)19-12)9-21-14(6-16)18-13-5-10(2)7-17-15(13)21/h5,7-8H,4,6,9H2,1-3H3. The smallest absolute Gasteiger partial charge is 0.160 e. The van der Waals surface area contributed by atoms with Crippen LogP contribution >= 0.6 is 11.6 Å². The van der Waals surface area contributed by atoms with Crippen LogP contribution in [0.1, 0.15) is 29.6 Å². The average Bonchev–Trinajstić information content (AvgIpc) is 2.99. The molecule has 0 amide bonds. The van der Waals surface area contributed by atoms with E-state index in [9.17, 15) is 0 Å². The lowest BCUT2D eigenvalue weighted by Gasteiger charge is -2.06. The van der Waals surface area contributed by atoms with Gasteiger partial charge in [0.2, 0.25) is 0 Å². The largest absolute Gasteiger partial charge is 0.307 e. The van der Waals surface area contributed by atoms with Crippen molar-refractivity contribution in [3.63, 3.8) is 0 Å². The Morgan fingerprint density at radius 1 is 1.33 bits per heavy atom. The zero-order valence-electron chi connectivity index (χ0n) is 12.5. The van der Waals surface area contributed by atoms with E-state index in [0.29, 0.717) is 12.4 Å². The van der Waals surface area contributed by atoms with Gasteiger partial charge in [0.25, 0.3) is 0 Å². The Kier molecular flexibility index (Phi) is 3.68. The summed E-state index contributed by atoms with van der Waals surface area (Å²) in [6.45, 7) is 4.83. The molecule has 0 fully saturated rings. The van der Waals surface area contributed by atoms with E-state index in [-0.39, 0.29) is 0 Å². The van der Waals surface area contributed by atoms with Gasteiger partial charge in [0.15, 0.2) is 5.65 Å². The molecule has 3 aromatic rings. The van der Waals surface area contributed by atoms with E-state index < -0.39 is 0 Å². The Hall–Kier alpha value is -1.88. The summed E-state index contributed by atoms with van der Waals surface area (Å²) in [5.41, 5.74) is 5.17. The highest BCUT2D eigenvalue weighted by molar-refractivity contribution is 6.16. The number of alkyl halides is 1. The molecule has 5 nitrogen and oxygen atoms in total. The number of imidazole rings is 1. The molecule has 0 atom stereocenters. The highest BCUT2D eigenvalue weighted by atomic mass is 35.5. The summed E-state index contributed by atoms with van der Waals surface area (Å²) in [7, 11) is 1.94. The van der Waals surface area contributed by atoms with Crippen LogP contribution in [0.2, 0.25) is 0 Å². The van der Waals surface area contributed by atoms with E-state index in [4.69, 9.17) is 11.6 Å². The Balaban J connectivity index is 2.10. The highest BCUT2D eigenvalue weighted by Gasteiger charge is 2.14. The molecule has 0 aliphatic carbocycles. The fourth-order valence-electron chi connectivity index (χ4n) is 2.61. The van der Waals surface area contributed by atoms with Crippen molar-refractivity contribution in [1.82, 2.24) is 24.3 Å². The van der Waals surface area contributed by atoms with Crippen LogP contribution in [0.4, 0.5) is 0 Å². The second kappa shape index (κ2) is 5.48. The predicted molar refractivity (Wildman–Crippen MR) is 83.5 cm³/mol. The molecular weight excluding hydrogens is 286 g/mol. The van der Waals surface area contributed by atoms with Crippen LogP contribution in [0, 0.1) is 6.92 Å². The molecule has 0 bridgehead atoms. The predicted octanol–water partition coefficient (Wildman–Crippen LogP) is 2.82. The third-order valence-corrected chi connectivity index (χ3v) is 3.81. The van der Waals surface area contributed by atoms with Crippen LogP contribution in [0.25, 0.3) is 11.2 Å². The maximum absolute atomic E-state index is 6.06. The van der Waals surface area contributed by atoms with Crippen LogP contribution in [-0.4, -0.2) is 24.3 Å². The van der Waals surface area contributed by atoms with E-state index in [0.717, 1.165) is 34.7 Å². The lowest BCUT2D eigenvalue weighted by molar-refractivity contribution is 0.746. The number of aromatic nitrogens is 5. The molecule has 0 saturated heterocycles. The lowest BCUT2D eigenvalue weighted by Crippen LogP contribution is -2.05. The van der Waals surface area contributed by atoms with Crippen LogP contribution in [0.15, 0.2) is 18.5 Å². The number of hydrogen-bond donors (Lipinski definition) is 0. The van der Waals surface area contributed by atoms with Gasteiger partial charge in [0, 0.05) is 25.0 Å². The number of pyridine rings is 1. The minimum Gasteiger partial charge on any atom is -0.307 e. The highest BCUT2D eigenvalue weighted by Crippen LogP contribution is 2.19. The SMILES string of the molecule is CCc1nn(C)cc1Cn1c(CCl)nc2cc(C)cnc21. The van der Waals surface area contributed by atoms with Gasteiger partial charge in [-0.3, -0.25) is 4.68 Å². The summed E-state index contributed by atoms with van der Waals surface area (Å²) < 4.78 is 3.93. The van der Waals surface area contributed by atoms with Crippen molar-refractivity contribution in [3.8, 4) is 0 Å². The Morgan fingerprint density at radius 3 is 2.86 bits per heavy atom. The molecule has 0 aromatic carbocycles. The van der Waals surface area contributed by atoms with Gasteiger partial charge in [0.05, 0.1) is 18.1 Å². The molecule has 0 saturated carbocycles. The summed E-state index contributed by atoms with van der Waals surface area (Å²) in [6.07, 6.45) is 4.82. The van der Waals surface area contributed by atoms with Crippen LogP contribution < -0.4 is 0 Å². The normalized spacial score (nSPS) is 11.4. The Bertz CT molecular complexity index is 787. The van der Waals surface area contributed by atoms with Gasteiger partial charge < -0.3 is 4.57 Å². The first kappa shape index (κ1) is 14.1. The third kappa shape index (κ3) is 2.53. The van der Waals surface area contributed by atoms with Crippen molar-refractivity contribution in [3.05, 3.63) is 41.1 Å². The summed E-state index contributed by atoms with van der Waals surface area (Å²) in [5.74, 6) is 1.22. The van der Waals surface area contributed by atoms with Crippen molar-refractivity contribution >= 4 is 22.8 Å². The van der Waals surface area contributed by atoms with Gasteiger partial charge >= 0.3 is 0 Å². The second-order valence-electron chi connectivity index (χ2n) is 5.23. The summed E-state index contributed by atoms with van der Waals surface area (Å²) in [6, 6.07) is 2.04.